The van der Waals surface area contributed by atoms with Crippen LogP contribution in [0.5, 0.6) is 0 Å². The van der Waals surface area contributed by atoms with Gasteiger partial charge >= 0.3 is 0 Å². The predicted octanol–water partition coefficient (Wildman–Crippen LogP) is 6.59. The van der Waals surface area contributed by atoms with Gasteiger partial charge in [-0.25, -0.2) is 19.3 Å². The van der Waals surface area contributed by atoms with Gasteiger partial charge in [-0.15, -0.1) is 0 Å². The van der Waals surface area contributed by atoms with Crippen LogP contribution in [0.15, 0.2) is 18.3 Å². The van der Waals surface area contributed by atoms with Gasteiger partial charge in [-0.1, -0.05) is 31.9 Å². The highest BCUT2D eigenvalue weighted by atomic mass is 35.5. The van der Waals surface area contributed by atoms with E-state index < -0.39 is 0 Å². The van der Waals surface area contributed by atoms with Crippen molar-refractivity contribution in [2.45, 2.75) is 84.2 Å². The molecule has 1 atom stereocenters. The van der Waals surface area contributed by atoms with Crippen LogP contribution < -0.4 is 5.32 Å². The molecule has 1 aliphatic carbocycles. The number of nitrogens with one attached hydrogen (secondary N) is 1. The first-order chi connectivity index (χ1) is 15.3. The van der Waals surface area contributed by atoms with Gasteiger partial charge in [0.2, 0.25) is 0 Å². The van der Waals surface area contributed by atoms with E-state index in [0.29, 0.717) is 39.1 Å². The summed E-state index contributed by atoms with van der Waals surface area (Å²) in [5, 5.41) is 4.08. The number of hydrogen-bond acceptors (Lipinski definition) is 4. The maximum atomic E-state index is 15.2. The van der Waals surface area contributed by atoms with E-state index in [1.54, 1.807) is 13.1 Å². The van der Waals surface area contributed by atoms with Crippen molar-refractivity contribution in [3.8, 4) is 11.3 Å². The molecule has 3 aromatic rings. The van der Waals surface area contributed by atoms with Gasteiger partial charge < -0.3 is 9.88 Å². The molecule has 1 aromatic carbocycles. The number of piperidine rings is 1. The van der Waals surface area contributed by atoms with Crippen LogP contribution in [0.1, 0.15) is 83.4 Å². The number of hydrogen-bond donors (Lipinski definition) is 1. The lowest BCUT2D eigenvalue weighted by Crippen LogP contribution is -2.39. The van der Waals surface area contributed by atoms with Gasteiger partial charge in [0.1, 0.15) is 17.2 Å². The van der Waals surface area contributed by atoms with Gasteiger partial charge in [-0.3, -0.25) is 0 Å². The highest BCUT2D eigenvalue weighted by Gasteiger charge is 2.47. The average Bonchev–Trinajstić information content (AvgIpc) is 3.35. The number of benzene rings is 1. The Morgan fingerprint density at radius 3 is 2.62 bits per heavy atom. The second-order valence-electron chi connectivity index (χ2n) is 9.48. The molecule has 1 N–H and O–H groups in total. The summed E-state index contributed by atoms with van der Waals surface area (Å²) in [4.78, 5) is 13.4. The topological polar surface area (TPSA) is 55.6 Å². The summed E-state index contributed by atoms with van der Waals surface area (Å²) < 4.78 is 17.4. The van der Waals surface area contributed by atoms with E-state index in [4.69, 9.17) is 16.6 Å². The molecule has 32 heavy (non-hydrogen) atoms. The molecule has 2 aliphatic rings. The number of imidazole rings is 1. The zero-order valence-electron chi connectivity index (χ0n) is 19.7. The second kappa shape index (κ2) is 9.06. The van der Waals surface area contributed by atoms with E-state index in [1.807, 2.05) is 6.07 Å². The van der Waals surface area contributed by atoms with Crippen LogP contribution in [0.25, 0.3) is 22.3 Å². The summed E-state index contributed by atoms with van der Waals surface area (Å²) in [6.07, 6.45) is 7.39. The molecular weight excluding hydrogens is 425 g/mol. The fourth-order valence-electron chi connectivity index (χ4n) is 4.71. The molecule has 0 radical (unpaired) electrons. The largest absolute Gasteiger partial charge is 0.325 e. The molecule has 1 saturated heterocycles. The van der Waals surface area contributed by atoms with Crippen molar-refractivity contribution >= 4 is 22.6 Å². The molecule has 0 amide bonds. The third-order valence-electron chi connectivity index (χ3n) is 6.28. The van der Waals surface area contributed by atoms with Crippen molar-refractivity contribution in [1.82, 2.24) is 24.8 Å². The van der Waals surface area contributed by atoms with Crippen molar-refractivity contribution in [3.05, 3.63) is 40.8 Å². The van der Waals surface area contributed by atoms with Crippen LogP contribution in [0.4, 0.5) is 4.39 Å². The summed E-state index contributed by atoms with van der Waals surface area (Å²) in [6.45, 7) is 11.3. The highest BCUT2D eigenvalue weighted by Crippen LogP contribution is 2.47. The average molecular weight is 458 g/mol. The summed E-state index contributed by atoms with van der Waals surface area (Å²) in [5.41, 5.74) is 2.74. The van der Waals surface area contributed by atoms with E-state index in [9.17, 15) is 0 Å². The molecule has 1 saturated carbocycles. The normalized spacial score (nSPS) is 19.3. The van der Waals surface area contributed by atoms with Crippen molar-refractivity contribution in [3.63, 3.8) is 0 Å². The molecule has 1 spiro atoms. The molecule has 2 fully saturated rings. The minimum atomic E-state index is -0.333. The van der Waals surface area contributed by atoms with E-state index in [1.165, 1.54) is 25.3 Å². The van der Waals surface area contributed by atoms with Gasteiger partial charge in [0.05, 0.1) is 16.2 Å². The molecule has 7 heteroatoms. The first-order valence-electron chi connectivity index (χ1n) is 11.7. The number of aryl methyl sites for hydroxylation is 1. The molecule has 1 unspecified atom stereocenters. The standard InChI is InChI=1S/C22H25ClFN5.C3H8/c1-12(2)29-18-9-15(19-16(23)11-25-13(3)27-19)8-17(24)20(18)28-21(29)14-4-7-26-22(10-14)5-6-22;1-3-2/h8-9,11-12,14,26H,4-7,10H2,1-3H3;3H2,1-2H3. The fourth-order valence-corrected chi connectivity index (χ4v) is 4.91. The highest BCUT2D eigenvalue weighted by molar-refractivity contribution is 6.32. The van der Waals surface area contributed by atoms with Crippen LogP contribution in [-0.4, -0.2) is 31.6 Å². The zero-order valence-corrected chi connectivity index (χ0v) is 20.4. The maximum Gasteiger partial charge on any atom is 0.151 e. The van der Waals surface area contributed by atoms with E-state index >= 15 is 4.39 Å². The Kier molecular flexibility index (Phi) is 6.55. The maximum absolute atomic E-state index is 15.2. The lowest BCUT2D eigenvalue weighted by atomic mass is 9.90. The summed E-state index contributed by atoms with van der Waals surface area (Å²) in [5.74, 6) is 1.62. The minimum Gasteiger partial charge on any atom is -0.325 e. The first kappa shape index (κ1) is 23.1. The van der Waals surface area contributed by atoms with Crippen LogP contribution in [0.3, 0.4) is 0 Å². The lowest BCUT2D eigenvalue weighted by molar-refractivity contribution is 0.329. The number of halogens is 2. The van der Waals surface area contributed by atoms with Crippen LogP contribution >= 0.6 is 11.6 Å². The lowest BCUT2D eigenvalue weighted by Gasteiger charge is -2.31. The Labute approximate surface area is 194 Å². The van der Waals surface area contributed by atoms with Crippen molar-refractivity contribution in [2.75, 3.05) is 6.54 Å². The van der Waals surface area contributed by atoms with Crippen molar-refractivity contribution < 1.29 is 4.39 Å². The molecule has 0 bridgehead atoms. The summed E-state index contributed by atoms with van der Waals surface area (Å²) in [7, 11) is 0. The first-order valence-corrected chi connectivity index (χ1v) is 12.1. The van der Waals surface area contributed by atoms with Crippen molar-refractivity contribution in [2.24, 2.45) is 0 Å². The van der Waals surface area contributed by atoms with Gasteiger partial charge in [0.15, 0.2) is 5.82 Å². The third kappa shape index (κ3) is 4.40. The summed E-state index contributed by atoms with van der Waals surface area (Å²) >= 11 is 6.33. The van der Waals surface area contributed by atoms with Crippen LogP contribution in [-0.2, 0) is 0 Å². The smallest absolute Gasteiger partial charge is 0.151 e. The van der Waals surface area contributed by atoms with E-state index in [0.717, 1.165) is 30.7 Å². The third-order valence-corrected chi connectivity index (χ3v) is 6.56. The fraction of sp³-hybridized carbons (Fsp3) is 0.560. The van der Waals surface area contributed by atoms with Gasteiger partial charge in [0.25, 0.3) is 0 Å². The molecule has 172 valence electrons. The van der Waals surface area contributed by atoms with Crippen LogP contribution in [0, 0.1) is 12.7 Å². The molecule has 5 nitrogen and oxygen atoms in total. The molecule has 3 heterocycles. The molecular formula is C25H33ClFN5. The molecule has 2 aromatic heterocycles. The monoisotopic (exact) mass is 457 g/mol. The quantitative estimate of drug-likeness (QED) is 0.481. The Balaban J connectivity index is 0.000000775. The summed E-state index contributed by atoms with van der Waals surface area (Å²) in [6, 6.07) is 3.64. The number of fused-ring (bicyclic) bond motifs is 1. The second-order valence-corrected chi connectivity index (χ2v) is 9.88. The number of rotatable bonds is 3. The molecule has 5 rings (SSSR count). The Hall–Kier alpha value is -2.05. The minimum absolute atomic E-state index is 0.178. The Bertz CT molecular complexity index is 1120. The SMILES string of the molecule is CCC.Cc1ncc(Cl)c(-c2cc(F)c3nc(C4CCNC5(CC5)C4)n(C(C)C)c3c2)n1. The Morgan fingerprint density at radius 2 is 1.97 bits per heavy atom. The number of nitrogens with zero attached hydrogens (tertiary/aromatic N) is 4. The Morgan fingerprint density at radius 1 is 1.25 bits per heavy atom. The molecule has 1 aliphatic heterocycles. The van der Waals surface area contributed by atoms with E-state index in [2.05, 4.69) is 47.5 Å². The van der Waals surface area contributed by atoms with Gasteiger partial charge in [0, 0.05) is 29.3 Å². The predicted molar refractivity (Wildman–Crippen MR) is 129 cm³/mol. The van der Waals surface area contributed by atoms with Crippen molar-refractivity contribution in [1.29, 1.82) is 0 Å². The number of aromatic nitrogens is 4. The van der Waals surface area contributed by atoms with Gasteiger partial charge in [-0.05, 0) is 65.1 Å². The van der Waals surface area contributed by atoms with Crippen LogP contribution in [0.2, 0.25) is 5.02 Å². The zero-order chi connectivity index (χ0) is 23.0. The van der Waals surface area contributed by atoms with E-state index in [-0.39, 0.29) is 11.9 Å². The van der Waals surface area contributed by atoms with Gasteiger partial charge in [-0.2, -0.15) is 0 Å².